The summed E-state index contributed by atoms with van der Waals surface area (Å²) in [6, 6.07) is 0.279. The van der Waals surface area contributed by atoms with Crippen LogP contribution in [-0.2, 0) is 20.6 Å². The normalized spacial score (nSPS) is 37.6. The van der Waals surface area contributed by atoms with Crippen LogP contribution in [0.15, 0.2) is 11.5 Å². The molecule has 0 amide bonds. The highest BCUT2D eigenvalue weighted by molar-refractivity contribution is 8.30. The maximum absolute atomic E-state index is 5.57. The molecule has 1 heterocycles. The minimum Gasteiger partial charge on any atom is -0.324 e. The van der Waals surface area contributed by atoms with E-state index in [9.17, 15) is 0 Å². The van der Waals surface area contributed by atoms with Crippen LogP contribution >= 0.6 is 0 Å². The highest BCUT2D eigenvalue weighted by atomic mass is 32.8. The van der Waals surface area contributed by atoms with E-state index in [1.165, 1.54) is 0 Å². The average Bonchev–Trinajstić information content (AvgIpc) is 1.77. The van der Waals surface area contributed by atoms with Crippen LogP contribution in [0.5, 0.6) is 0 Å². The Morgan fingerprint density at radius 1 is 1.75 bits per heavy atom. The number of hydrogen-bond donors (Lipinski definition) is 1. The van der Waals surface area contributed by atoms with Gasteiger partial charge in [0.25, 0.3) is 0 Å². The molecule has 1 nitrogen and oxygen atoms in total. The fourth-order valence-corrected chi connectivity index (χ4v) is 2.10. The molecule has 2 N–H and O–H groups in total. The first-order chi connectivity index (χ1) is 3.79. The summed E-state index contributed by atoms with van der Waals surface area (Å²) in [5.74, 6) is 1.10. The molecule has 1 aliphatic rings. The zero-order chi connectivity index (χ0) is 5.98. The van der Waals surface area contributed by atoms with Gasteiger partial charge in [0, 0.05) is 11.8 Å². The lowest BCUT2D eigenvalue weighted by atomic mass is 10.2. The van der Waals surface area contributed by atoms with Crippen LogP contribution in [0.25, 0.3) is 0 Å². The Morgan fingerprint density at radius 2 is 2.50 bits per heavy atom. The molecule has 0 aromatic heterocycles. The Morgan fingerprint density at radius 3 is 2.88 bits per heavy atom. The summed E-state index contributed by atoms with van der Waals surface area (Å²) in [7, 11) is 0.112. The second-order valence-corrected chi connectivity index (χ2v) is 4.59. The summed E-state index contributed by atoms with van der Waals surface area (Å²) in [5.41, 5.74) is 5.57. The lowest BCUT2D eigenvalue weighted by Gasteiger charge is -2.10. The summed E-state index contributed by atoms with van der Waals surface area (Å²) in [6.45, 7) is 0. The zero-order valence-corrected chi connectivity index (χ0v) is 6.17. The van der Waals surface area contributed by atoms with Gasteiger partial charge in [-0.1, -0.05) is 15.5 Å². The first-order valence-corrected chi connectivity index (χ1v) is 4.98. The number of nitrogens with two attached hydrogens (primary N) is 1. The molecule has 46 valence electrons. The largest absolute Gasteiger partial charge is 0.324 e. The van der Waals surface area contributed by atoms with Crippen molar-refractivity contribution in [1.29, 1.82) is 0 Å². The summed E-state index contributed by atoms with van der Waals surface area (Å²) in [6.07, 6.45) is 3.09. The van der Waals surface area contributed by atoms with Crippen molar-refractivity contribution in [1.82, 2.24) is 0 Å². The third-order valence-electron chi connectivity index (χ3n) is 1.13. The summed E-state index contributed by atoms with van der Waals surface area (Å²) < 4.78 is 0. The van der Waals surface area contributed by atoms with Crippen molar-refractivity contribution < 1.29 is 0 Å². The van der Waals surface area contributed by atoms with Crippen molar-refractivity contribution in [3.05, 3.63) is 11.5 Å². The maximum Gasteiger partial charge on any atom is 0.0239 e. The van der Waals surface area contributed by atoms with Crippen LogP contribution in [0.4, 0.5) is 0 Å². The quantitative estimate of drug-likeness (QED) is 0.534. The lowest BCUT2D eigenvalue weighted by molar-refractivity contribution is 0.786. The molecule has 2 atom stereocenters. The number of hydrogen-bond acceptors (Lipinski definition) is 2. The fourth-order valence-electron chi connectivity index (χ4n) is 0.605. The smallest absolute Gasteiger partial charge is 0.0239 e. The van der Waals surface area contributed by atoms with Crippen molar-refractivity contribution in [2.75, 3.05) is 5.75 Å². The molecule has 0 aromatic carbocycles. The topological polar surface area (TPSA) is 26.0 Å². The molecule has 0 aliphatic carbocycles. The Balaban J connectivity index is 2.55. The van der Waals surface area contributed by atoms with E-state index in [-0.39, 0.29) is 15.5 Å². The molecular formula is C5H9NS2. The van der Waals surface area contributed by atoms with Crippen LogP contribution in [0.3, 0.4) is 0 Å². The SMILES string of the molecule is NC1C=CS(=S)CC1. The molecule has 8 heavy (non-hydrogen) atoms. The molecule has 0 spiro atoms. The van der Waals surface area contributed by atoms with E-state index in [0.717, 1.165) is 12.2 Å². The van der Waals surface area contributed by atoms with Crippen LogP contribution < -0.4 is 5.73 Å². The molecule has 0 saturated heterocycles. The highest BCUT2D eigenvalue weighted by Crippen LogP contribution is 2.02. The van der Waals surface area contributed by atoms with E-state index in [1.54, 1.807) is 0 Å². The molecule has 1 aliphatic heterocycles. The van der Waals surface area contributed by atoms with Crippen molar-refractivity contribution >= 4 is 20.6 Å². The average molecular weight is 147 g/mol. The van der Waals surface area contributed by atoms with Gasteiger partial charge in [-0.15, -0.1) is 0 Å². The van der Waals surface area contributed by atoms with Gasteiger partial charge in [0.2, 0.25) is 0 Å². The fraction of sp³-hybridized carbons (Fsp3) is 0.600. The Labute approximate surface area is 56.5 Å². The molecule has 3 heteroatoms. The van der Waals surface area contributed by atoms with E-state index >= 15 is 0 Å². The van der Waals surface area contributed by atoms with Crippen LogP contribution in [0.1, 0.15) is 6.42 Å². The number of rotatable bonds is 0. The van der Waals surface area contributed by atoms with Crippen molar-refractivity contribution in [3.8, 4) is 0 Å². The molecule has 0 fully saturated rings. The van der Waals surface area contributed by atoms with Crippen molar-refractivity contribution in [3.63, 3.8) is 0 Å². The lowest BCUT2D eigenvalue weighted by Crippen LogP contribution is -2.22. The first kappa shape index (κ1) is 6.39. The van der Waals surface area contributed by atoms with E-state index in [0.29, 0.717) is 0 Å². The maximum atomic E-state index is 5.57. The molecule has 0 radical (unpaired) electrons. The van der Waals surface area contributed by atoms with Gasteiger partial charge in [0.1, 0.15) is 0 Å². The molecule has 1 rings (SSSR count). The van der Waals surface area contributed by atoms with Gasteiger partial charge in [-0.3, -0.25) is 0 Å². The van der Waals surface area contributed by atoms with Crippen LogP contribution in [0.2, 0.25) is 0 Å². The van der Waals surface area contributed by atoms with E-state index in [4.69, 9.17) is 16.9 Å². The third kappa shape index (κ3) is 1.65. The Kier molecular flexibility index (Phi) is 2.16. The molecule has 0 saturated carbocycles. The van der Waals surface area contributed by atoms with Gasteiger partial charge in [0.05, 0.1) is 0 Å². The molecule has 0 aromatic rings. The highest BCUT2D eigenvalue weighted by Gasteiger charge is 2.03. The van der Waals surface area contributed by atoms with Gasteiger partial charge in [-0.2, -0.15) is 0 Å². The predicted molar refractivity (Wildman–Crippen MR) is 41.3 cm³/mol. The summed E-state index contributed by atoms with van der Waals surface area (Å²) >= 11 is 5.03. The van der Waals surface area contributed by atoms with E-state index in [1.807, 2.05) is 11.5 Å². The van der Waals surface area contributed by atoms with Crippen molar-refractivity contribution in [2.24, 2.45) is 5.73 Å². The summed E-state index contributed by atoms with van der Waals surface area (Å²) in [5, 5.41) is 2.05. The van der Waals surface area contributed by atoms with Crippen LogP contribution in [-0.4, -0.2) is 11.8 Å². The second-order valence-electron chi connectivity index (χ2n) is 1.87. The van der Waals surface area contributed by atoms with Crippen molar-refractivity contribution in [2.45, 2.75) is 12.5 Å². The Hall–Kier alpha value is 0.270. The van der Waals surface area contributed by atoms with Gasteiger partial charge in [0.15, 0.2) is 0 Å². The monoisotopic (exact) mass is 147 g/mol. The van der Waals surface area contributed by atoms with E-state index in [2.05, 4.69) is 0 Å². The van der Waals surface area contributed by atoms with Gasteiger partial charge < -0.3 is 5.73 Å². The predicted octanol–water partition coefficient (Wildman–Crippen LogP) is 0.311. The summed E-state index contributed by atoms with van der Waals surface area (Å²) in [4.78, 5) is 0. The Bertz CT molecular complexity index is 130. The van der Waals surface area contributed by atoms with Gasteiger partial charge >= 0.3 is 0 Å². The molecular weight excluding hydrogens is 138 g/mol. The minimum atomic E-state index is 0.112. The van der Waals surface area contributed by atoms with Gasteiger partial charge in [-0.25, -0.2) is 0 Å². The molecule has 0 bridgehead atoms. The van der Waals surface area contributed by atoms with Gasteiger partial charge in [-0.05, 0) is 23.0 Å². The van der Waals surface area contributed by atoms with E-state index < -0.39 is 0 Å². The van der Waals surface area contributed by atoms with Crippen LogP contribution in [0, 0.1) is 0 Å². The third-order valence-corrected chi connectivity index (χ3v) is 3.06. The first-order valence-electron chi connectivity index (χ1n) is 2.60. The zero-order valence-electron chi connectivity index (χ0n) is 4.54. The standard InChI is InChI=1S/C5H9NS2/c6-5-1-3-8(7)4-2-5/h1,3,5H,2,4,6H2. The molecule has 2 unspecified atom stereocenters. The minimum absolute atomic E-state index is 0.112. The second kappa shape index (κ2) is 2.71.